The highest BCUT2D eigenvalue weighted by Crippen LogP contribution is 2.47. The van der Waals surface area contributed by atoms with Gasteiger partial charge in [-0.2, -0.15) is 0 Å². The van der Waals surface area contributed by atoms with Gasteiger partial charge in [0.25, 0.3) is 0 Å². The van der Waals surface area contributed by atoms with Gasteiger partial charge in [-0.05, 0) is 31.6 Å². The molecule has 6 nitrogen and oxygen atoms in total. The second-order valence-electron chi connectivity index (χ2n) is 10.9. The molecular weight excluding hydrogens is 442 g/mol. The van der Waals surface area contributed by atoms with E-state index in [1.807, 2.05) is 0 Å². The molecule has 1 aliphatic heterocycles. The van der Waals surface area contributed by atoms with Gasteiger partial charge in [0.05, 0.1) is 5.92 Å². The lowest BCUT2D eigenvalue weighted by Gasteiger charge is -2.36. The highest BCUT2D eigenvalue weighted by atomic mass is 16.6. The van der Waals surface area contributed by atoms with E-state index in [0.29, 0.717) is 6.42 Å². The normalized spacial score (nSPS) is 25.8. The van der Waals surface area contributed by atoms with E-state index in [4.69, 9.17) is 15.2 Å². The van der Waals surface area contributed by atoms with Gasteiger partial charge in [0.15, 0.2) is 0 Å². The van der Waals surface area contributed by atoms with Gasteiger partial charge in [0, 0.05) is 0 Å². The molecule has 35 heavy (non-hydrogen) atoms. The number of ether oxygens (including phenoxy) is 2. The molecule has 0 aromatic carbocycles. The van der Waals surface area contributed by atoms with Crippen molar-refractivity contribution in [2.75, 3.05) is 6.61 Å². The van der Waals surface area contributed by atoms with Gasteiger partial charge < -0.3 is 15.2 Å². The van der Waals surface area contributed by atoms with Crippen LogP contribution in [-0.4, -0.2) is 30.6 Å². The van der Waals surface area contributed by atoms with Crippen LogP contribution in [0.5, 0.6) is 0 Å². The largest absolute Gasteiger partial charge is 0.461 e. The summed E-state index contributed by atoms with van der Waals surface area (Å²) in [6.45, 7) is 4.43. The molecule has 1 unspecified atom stereocenters. The Labute approximate surface area is 213 Å². The molecule has 2 rings (SSSR count). The molecule has 1 aliphatic carbocycles. The predicted molar refractivity (Wildman–Crippen MR) is 139 cm³/mol. The van der Waals surface area contributed by atoms with Crippen molar-refractivity contribution in [1.29, 1.82) is 0 Å². The zero-order chi connectivity index (χ0) is 25.5. The Balaban J connectivity index is 1.74. The summed E-state index contributed by atoms with van der Waals surface area (Å²) in [6, 6.07) is 0. The minimum Gasteiger partial charge on any atom is -0.461 e. The third-order valence-electron chi connectivity index (χ3n) is 8.30. The van der Waals surface area contributed by atoms with Crippen molar-refractivity contribution in [1.82, 2.24) is 0 Å². The fraction of sp³-hybridized carbons (Fsp3) is 0.897. The number of esters is 2. The second kappa shape index (κ2) is 16.2. The van der Waals surface area contributed by atoms with E-state index in [1.54, 1.807) is 0 Å². The Bertz CT molecular complexity index is 651. The minimum atomic E-state index is -1.22. The van der Waals surface area contributed by atoms with Crippen LogP contribution in [-0.2, 0) is 23.9 Å². The number of hydrogen-bond acceptors (Lipinski definition) is 5. The first-order valence-electron chi connectivity index (χ1n) is 14.6. The first-order valence-corrected chi connectivity index (χ1v) is 14.6. The van der Waals surface area contributed by atoms with Gasteiger partial charge in [-0.3, -0.25) is 14.4 Å². The molecule has 0 spiro atoms. The molecule has 6 heteroatoms. The number of unbranched alkanes of at least 4 members (excludes halogenated alkanes) is 12. The number of rotatable bonds is 20. The summed E-state index contributed by atoms with van der Waals surface area (Å²) in [7, 11) is 0. The lowest BCUT2D eigenvalue weighted by molar-refractivity contribution is -0.197. The lowest BCUT2D eigenvalue weighted by Crippen LogP contribution is -2.51. The molecule has 0 bridgehead atoms. The number of hydrogen-bond donors (Lipinski definition) is 1. The summed E-state index contributed by atoms with van der Waals surface area (Å²) in [5, 5.41) is 0. The molecule has 1 saturated heterocycles. The van der Waals surface area contributed by atoms with E-state index >= 15 is 0 Å². The molecule has 4 atom stereocenters. The fourth-order valence-electron chi connectivity index (χ4n) is 5.97. The summed E-state index contributed by atoms with van der Waals surface area (Å²) in [5.74, 6) is -1.51. The van der Waals surface area contributed by atoms with Gasteiger partial charge in [0.1, 0.15) is 18.1 Å². The number of carbonyl (C=O) groups is 3. The van der Waals surface area contributed by atoms with Crippen molar-refractivity contribution in [3.05, 3.63) is 0 Å². The standard InChI is InChI=1S/C29H51NO5/c1-3-5-7-9-10-11-12-13-14-15-18-23-19-17-21-29(23,27(30)32)28(33)34-22-25-24(26(31)35-25)20-16-8-6-4-2/h23-25H,3-22H2,1-2H3,(H2,30,32)/t23?,24-,25+,29-/m0/s1. The fourth-order valence-corrected chi connectivity index (χ4v) is 5.97. The average Bonchev–Trinajstić information content (AvgIpc) is 3.27. The Morgan fingerprint density at radius 2 is 1.43 bits per heavy atom. The number of primary amides is 1. The van der Waals surface area contributed by atoms with E-state index in [9.17, 15) is 14.4 Å². The first kappa shape index (κ1) is 29.6. The summed E-state index contributed by atoms with van der Waals surface area (Å²) in [5.41, 5.74) is 4.60. The van der Waals surface area contributed by atoms with Crippen LogP contribution < -0.4 is 5.73 Å². The molecule has 1 heterocycles. The van der Waals surface area contributed by atoms with Gasteiger partial charge in [0.2, 0.25) is 5.91 Å². The van der Waals surface area contributed by atoms with Crippen LogP contribution in [0.3, 0.4) is 0 Å². The summed E-state index contributed by atoms with van der Waals surface area (Å²) in [4.78, 5) is 37.6. The molecule has 0 aromatic heterocycles. The van der Waals surface area contributed by atoms with Crippen molar-refractivity contribution >= 4 is 17.8 Å². The molecule has 2 fully saturated rings. The van der Waals surface area contributed by atoms with E-state index in [2.05, 4.69) is 13.8 Å². The van der Waals surface area contributed by atoms with Crippen molar-refractivity contribution in [3.8, 4) is 0 Å². The van der Waals surface area contributed by atoms with Crippen LogP contribution >= 0.6 is 0 Å². The maximum atomic E-state index is 13.2. The molecule has 202 valence electrons. The minimum absolute atomic E-state index is 0.0308. The maximum absolute atomic E-state index is 13.2. The quantitative estimate of drug-likeness (QED) is 0.117. The number of nitrogens with two attached hydrogens (primary N) is 1. The summed E-state index contributed by atoms with van der Waals surface area (Å²) >= 11 is 0. The van der Waals surface area contributed by atoms with E-state index in [-0.39, 0.29) is 30.5 Å². The highest BCUT2D eigenvalue weighted by molar-refractivity contribution is 6.02. The van der Waals surface area contributed by atoms with Crippen molar-refractivity contribution in [2.24, 2.45) is 23.0 Å². The Hall–Kier alpha value is -1.59. The van der Waals surface area contributed by atoms with Gasteiger partial charge >= 0.3 is 11.9 Å². The SMILES string of the molecule is CCCCCCCCCCCCC1CCC[C@]1(C(N)=O)C(=O)OC[C@H]1OC(=O)[C@H]1CCCCCC. The third-order valence-corrected chi connectivity index (χ3v) is 8.30. The summed E-state index contributed by atoms with van der Waals surface area (Å²) < 4.78 is 10.9. The molecule has 0 aromatic rings. The Kier molecular flexibility index (Phi) is 13.7. The number of carbonyl (C=O) groups excluding carboxylic acids is 3. The first-order chi connectivity index (χ1) is 17.0. The maximum Gasteiger partial charge on any atom is 0.322 e. The average molecular weight is 494 g/mol. The zero-order valence-electron chi connectivity index (χ0n) is 22.5. The van der Waals surface area contributed by atoms with E-state index < -0.39 is 17.3 Å². The van der Waals surface area contributed by atoms with Crippen LogP contribution in [0.25, 0.3) is 0 Å². The molecule has 1 saturated carbocycles. The Morgan fingerprint density at radius 1 is 0.886 bits per heavy atom. The van der Waals surface area contributed by atoms with Crippen LogP contribution in [0, 0.1) is 17.3 Å². The second-order valence-corrected chi connectivity index (χ2v) is 10.9. The number of amides is 1. The summed E-state index contributed by atoms with van der Waals surface area (Å²) in [6.07, 6.45) is 20.3. The lowest BCUT2D eigenvalue weighted by atomic mass is 9.74. The van der Waals surface area contributed by atoms with E-state index in [1.165, 1.54) is 51.4 Å². The van der Waals surface area contributed by atoms with Crippen LogP contribution in [0.4, 0.5) is 0 Å². The van der Waals surface area contributed by atoms with Gasteiger partial charge in [-0.25, -0.2) is 0 Å². The van der Waals surface area contributed by atoms with Crippen molar-refractivity contribution in [3.63, 3.8) is 0 Å². The predicted octanol–water partition coefficient (Wildman–Crippen LogP) is 6.62. The van der Waals surface area contributed by atoms with Crippen molar-refractivity contribution < 1.29 is 23.9 Å². The van der Waals surface area contributed by atoms with Crippen LogP contribution in [0.1, 0.15) is 136 Å². The molecule has 2 N–H and O–H groups in total. The third kappa shape index (κ3) is 8.78. The molecule has 2 aliphatic rings. The van der Waals surface area contributed by atoms with Crippen LogP contribution in [0.15, 0.2) is 0 Å². The smallest absolute Gasteiger partial charge is 0.322 e. The molecule has 0 radical (unpaired) electrons. The molecule has 1 amide bonds. The van der Waals surface area contributed by atoms with Gasteiger partial charge in [-0.1, -0.05) is 110 Å². The highest BCUT2D eigenvalue weighted by Gasteiger charge is 2.55. The molecular formula is C29H51NO5. The van der Waals surface area contributed by atoms with Crippen molar-refractivity contribution in [2.45, 2.75) is 142 Å². The monoisotopic (exact) mass is 493 g/mol. The zero-order valence-corrected chi connectivity index (χ0v) is 22.5. The Morgan fingerprint density at radius 3 is 2.00 bits per heavy atom. The van der Waals surface area contributed by atoms with Crippen LogP contribution in [0.2, 0.25) is 0 Å². The van der Waals surface area contributed by atoms with E-state index in [0.717, 1.165) is 64.2 Å². The van der Waals surface area contributed by atoms with Gasteiger partial charge in [-0.15, -0.1) is 0 Å². The number of cyclic esters (lactones) is 1. The topological polar surface area (TPSA) is 95.7 Å².